The Balaban J connectivity index is 3.45. The van der Waals surface area contributed by atoms with Crippen LogP contribution in [0, 0.1) is 0 Å². The molecule has 0 heterocycles. The van der Waals surface area contributed by atoms with E-state index in [1.54, 1.807) is 0 Å². The predicted molar refractivity (Wildman–Crippen MR) is 74.0 cm³/mol. The van der Waals surface area contributed by atoms with Gasteiger partial charge in [0.05, 0.1) is 29.0 Å². The first-order valence-electron chi connectivity index (χ1n) is 5.53. The summed E-state index contributed by atoms with van der Waals surface area (Å²) in [5, 5.41) is 0. The van der Waals surface area contributed by atoms with Gasteiger partial charge < -0.3 is 4.74 Å². The van der Waals surface area contributed by atoms with E-state index in [4.69, 9.17) is 0 Å². The molecule has 0 unspecified atom stereocenters. The SMILES string of the molecule is CCS(=O)(=O)Nc1cc(S(C)(=O)=O)ccc1C(=O)OC. The summed E-state index contributed by atoms with van der Waals surface area (Å²) in [6, 6.07) is 3.51. The summed E-state index contributed by atoms with van der Waals surface area (Å²) in [5.41, 5.74) is -0.182. The van der Waals surface area contributed by atoms with Crippen LogP contribution in [-0.4, -0.2) is 41.9 Å². The molecule has 0 aromatic heterocycles. The lowest BCUT2D eigenvalue weighted by Gasteiger charge is -2.11. The number of anilines is 1. The monoisotopic (exact) mass is 321 g/mol. The maximum atomic E-state index is 11.6. The topological polar surface area (TPSA) is 107 Å². The van der Waals surface area contributed by atoms with Crippen LogP contribution in [0.1, 0.15) is 17.3 Å². The van der Waals surface area contributed by atoms with Crippen molar-refractivity contribution < 1.29 is 26.4 Å². The molecule has 0 bridgehead atoms. The van der Waals surface area contributed by atoms with Crippen molar-refractivity contribution in [3.05, 3.63) is 23.8 Å². The van der Waals surface area contributed by atoms with E-state index in [1.165, 1.54) is 19.1 Å². The van der Waals surface area contributed by atoms with E-state index in [2.05, 4.69) is 9.46 Å². The van der Waals surface area contributed by atoms with Crippen LogP contribution in [-0.2, 0) is 24.6 Å². The van der Waals surface area contributed by atoms with E-state index in [-0.39, 0.29) is 21.9 Å². The van der Waals surface area contributed by atoms with Crippen molar-refractivity contribution in [2.75, 3.05) is 23.8 Å². The van der Waals surface area contributed by atoms with Gasteiger partial charge in [-0.05, 0) is 25.1 Å². The summed E-state index contributed by atoms with van der Waals surface area (Å²) < 4.78 is 52.8. The molecule has 1 aromatic rings. The van der Waals surface area contributed by atoms with Gasteiger partial charge in [0.15, 0.2) is 9.84 Å². The molecule has 1 rings (SSSR count). The highest BCUT2D eigenvalue weighted by atomic mass is 32.2. The van der Waals surface area contributed by atoms with Crippen molar-refractivity contribution >= 4 is 31.5 Å². The molecular weight excluding hydrogens is 306 g/mol. The lowest BCUT2D eigenvalue weighted by atomic mass is 10.2. The number of hydrogen-bond donors (Lipinski definition) is 1. The summed E-state index contributed by atoms with van der Waals surface area (Å²) >= 11 is 0. The van der Waals surface area contributed by atoms with Crippen molar-refractivity contribution in [1.29, 1.82) is 0 Å². The van der Waals surface area contributed by atoms with E-state index >= 15 is 0 Å². The lowest BCUT2D eigenvalue weighted by molar-refractivity contribution is 0.0602. The Hall–Kier alpha value is -1.61. The first-order chi connectivity index (χ1) is 9.10. The highest BCUT2D eigenvalue weighted by Gasteiger charge is 2.19. The average Bonchev–Trinajstić information content (AvgIpc) is 2.36. The van der Waals surface area contributed by atoms with Gasteiger partial charge in [-0.1, -0.05) is 0 Å². The minimum absolute atomic E-state index is 0.0584. The van der Waals surface area contributed by atoms with E-state index in [0.717, 1.165) is 19.4 Å². The largest absolute Gasteiger partial charge is 0.465 e. The number of nitrogens with one attached hydrogen (secondary N) is 1. The second kappa shape index (κ2) is 5.80. The van der Waals surface area contributed by atoms with E-state index in [1.807, 2.05) is 0 Å². The number of benzene rings is 1. The van der Waals surface area contributed by atoms with Gasteiger partial charge in [-0.3, -0.25) is 4.72 Å². The molecule has 9 heteroatoms. The Morgan fingerprint density at radius 2 is 1.85 bits per heavy atom. The number of ether oxygens (including phenoxy) is 1. The van der Waals surface area contributed by atoms with Crippen LogP contribution >= 0.6 is 0 Å². The molecular formula is C11H15NO6S2. The zero-order valence-corrected chi connectivity index (χ0v) is 12.8. The van der Waals surface area contributed by atoms with Gasteiger partial charge in [0, 0.05) is 6.26 Å². The van der Waals surface area contributed by atoms with Crippen LogP contribution in [0.3, 0.4) is 0 Å². The number of carbonyl (C=O) groups excluding carboxylic acids is 1. The van der Waals surface area contributed by atoms with Crippen molar-refractivity contribution in [3.8, 4) is 0 Å². The van der Waals surface area contributed by atoms with Crippen molar-refractivity contribution in [2.45, 2.75) is 11.8 Å². The van der Waals surface area contributed by atoms with Crippen LogP contribution < -0.4 is 4.72 Å². The highest BCUT2D eigenvalue weighted by molar-refractivity contribution is 7.92. The highest BCUT2D eigenvalue weighted by Crippen LogP contribution is 2.23. The Labute approximate surface area is 117 Å². The predicted octanol–water partition coefficient (Wildman–Crippen LogP) is 0.638. The fourth-order valence-corrected chi connectivity index (χ4v) is 2.66. The third kappa shape index (κ3) is 3.94. The zero-order chi connectivity index (χ0) is 15.6. The van der Waals surface area contributed by atoms with Crippen molar-refractivity contribution in [3.63, 3.8) is 0 Å². The number of rotatable bonds is 5. The van der Waals surface area contributed by atoms with Gasteiger partial charge >= 0.3 is 5.97 Å². The van der Waals surface area contributed by atoms with Crippen LogP contribution in [0.2, 0.25) is 0 Å². The standard InChI is InChI=1S/C11H15NO6S2/c1-4-20(16,17)12-10-7-8(19(3,14)15)5-6-9(10)11(13)18-2/h5-7,12H,4H2,1-3H3. The van der Waals surface area contributed by atoms with Gasteiger partial charge in [-0.25, -0.2) is 21.6 Å². The Kier molecular flexibility index (Phi) is 4.77. The van der Waals surface area contributed by atoms with Gasteiger partial charge in [0.1, 0.15) is 0 Å². The third-order valence-electron chi connectivity index (χ3n) is 2.47. The fourth-order valence-electron chi connectivity index (χ4n) is 1.37. The second-order valence-electron chi connectivity index (χ2n) is 3.98. The van der Waals surface area contributed by atoms with Gasteiger partial charge in [0.25, 0.3) is 0 Å². The first kappa shape index (κ1) is 16.4. The molecule has 0 aliphatic rings. The summed E-state index contributed by atoms with van der Waals surface area (Å²) in [6.45, 7) is 1.42. The minimum atomic E-state index is -3.65. The maximum Gasteiger partial charge on any atom is 0.339 e. The van der Waals surface area contributed by atoms with Gasteiger partial charge in [-0.15, -0.1) is 0 Å². The summed E-state index contributed by atoms with van der Waals surface area (Å²) in [7, 11) is -6.03. The van der Waals surface area contributed by atoms with Gasteiger partial charge in [-0.2, -0.15) is 0 Å². The van der Waals surface area contributed by atoms with Crippen LogP contribution in [0.15, 0.2) is 23.1 Å². The Bertz CT molecular complexity index is 721. The van der Waals surface area contributed by atoms with Crippen molar-refractivity contribution in [1.82, 2.24) is 0 Å². The molecule has 0 fully saturated rings. The molecule has 0 saturated heterocycles. The number of esters is 1. The summed E-state index contributed by atoms with van der Waals surface area (Å²) in [4.78, 5) is 11.5. The van der Waals surface area contributed by atoms with E-state index in [9.17, 15) is 21.6 Å². The quantitative estimate of drug-likeness (QED) is 0.798. The molecule has 0 atom stereocenters. The molecule has 0 spiro atoms. The number of sulfonamides is 1. The molecule has 1 aromatic carbocycles. The molecule has 0 saturated carbocycles. The molecule has 112 valence electrons. The molecule has 0 radical (unpaired) electrons. The maximum absolute atomic E-state index is 11.6. The summed E-state index contributed by atoms with van der Waals surface area (Å²) in [6.07, 6.45) is 0.984. The zero-order valence-electron chi connectivity index (χ0n) is 11.2. The molecule has 0 aliphatic carbocycles. The number of sulfone groups is 1. The lowest BCUT2D eigenvalue weighted by Crippen LogP contribution is -2.18. The van der Waals surface area contributed by atoms with Gasteiger partial charge in [0.2, 0.25) is 10.0 Å². The summed E-state index contributed by atoms with van der Waals surface area (Å²) in [5.74, 6) is -0.977. The van der Waals surface area contributed by atoms with E-state index < -0.39 is 25.8 Å². The first-order valence-corrected chi connectivity index (χ1v) is 9.08. The Morgan fingerprint density at radius 1 is 1.25 bits per heavy atom. The Morgan fingerprint density at radius 3 is 2.30 bits per heavy atom. The second-order valence-corrected chi connectivity index (χ2v) is 8.00. The minimum Gasteiger partial charge on any atom is -0.465 e. The normalized spacial score (nSPS) is 11.9. The number of hydrogen-bond acceptors (Lipinski definition) is 6. The molecule has 0 aliphatic heterocycles. The molecule has 7 nitrogen and oxygen atoms in total. The number of methoxy groups -OCH3 is 1. The van der Waals surface area contributed by atoms with Crippen LogP contribution in [0.4, 0.5) is 5.69 Å². The number of carbonyl (C=O) groups is 1. The van der Waals surface area contributed by atoms with Crippen LogP contribution in [0.5, 0.6) is 0 Å². The molecule has 20 heavy (non-hydrogen) atoms. The average molecular weight is 321 g/mol. The van der Waals surface area contributed by atoms with Crippen LogP contribution in [0.25, 0.3) is 0 Å². The van der Waals surface area contributed by atoms with Crippen molar-refractivity contribution in [2.24, 2.45) is 0 Å². The smallest absolute Gasteiger partial charge is 0.339 e. The molecule has 0 amide bonds. The third-order valence-corrected chi connectivity index (χ3v) is 4.87. The van der Waals surface area contributed by atoms with E-state index in [0.29, 0.717) is 0 Å². The molecule has 1 N–H and O–H groups in total. The fraction of sp³-hybridized carbons (Fsp3) is 0.364.